The highest BCUT2D eigenvalue weighted by atomic mass is 16.6. The Morgan fingerprint density at radius 3 is 2.95 bits per heavy atom. The van der Waals surface area contributed by atoms with Crippen LogP contribution < -0.4 is 10.6 Å². The summed E-state index contributed by atoms with van der Waals surface area (Å²) in [5.74, 6) is 0. The molecule has 0 bridgehead atoms. The molecule has 1 fully saturated rings. The van der Waals surface area contributed by atoms with Crippen LogP contribution in [0.25, 0.3) is 0 Å². The molecule has 1 aliphatic heterocycles. The number of anilines is 1. The van der Waals surface area contributed by atoms with E-state index in [-0.39, 0.29) is 23.4 Å². The maximum Gasteiger partial charge on any atom is 0.310 e. The third kappa shape index (κ3) is 2.96. The number of benzene rings is 1. The number of hydrogen-bond acceptors (Lipinski definition) is 6. The minimum Gasteiger partial charge on any atom is -0.381 e. The van der Waals surface area contributed by atoms with Crippen molar-refractivity contribution < 1.29 is 9.66 Å². The zero-order valence-electron chi connectivity index (χ0n) is 11.9. The summed E-state index contributed by atoms with van der Waals surface area (Å²) in [6.07, 6.45) is 1.62. The van der Waals surface area contributed by atoms with Crippen LogP contribution in [-0.2, 0) is 4.74 Å². The first-order chi connectivity index (χ1) is 10.1. The van der Waals surface area contributed by atoms with Crippen LogP contribution in [0.5, 0.6) is 0 Å². The van der Waals surface area contributed by atoms with Gasteiger partial charge in [0, 0.05) is 26.2 Å². The smallest absolute Gasteiger partial charge is 0.310 e. The number of nitro benzene ring substituents is 1. The maximum atomic E-state index is 11.3. The van der Waals surface area contributed by atoms with E-state index in [0.29, 0.717) is 18.8 Å². The summed E-state index contributed by atoms with van der Waals surface area (Å²) in [6, 6.07) is 6.65. The van der Waals surface area contributed by atoms with Gasteiger partial charge in [-0.2, -0.15) is 5.26 Å². The van der Waals surface area contributed by atoms with Gasteiger partial charge >= 0.3 is 5.69 Å². The van der Waals surface area contributed by atoms with E-state index in [1.807, 2.05) is 11.0 Å². The normalized spacial score (nSPS) is 21.9. The number of para-hydroxylation sites is 1. The van der Waals surface area contributed by atoms with Crippen molar-refractivity contribution >= 4 is 11.4 Å². The molecular formula is C14H18N4O3. The highest BCUT2D eigenvalue weighted by Crippen LogP contribution is 2.35. The van der Waals surface area contributed by atoms with Crippen LogP contribution in [0.3, 0.4) is 0 Å². The van der Waals surface area contributed by atoms with Crippen LogP contribution in [-0.4, -0.2) is 37.3 Å². The molecule has 0 aliphatic carbocycles. The quantitative estimate of drug-likeness (QED) is 0.664. The molecule has 0 saturated carbocycles. The highest BCUT2D eigenvalue weighted by Gasteiger charge is 2.32. The fourth-order valence-electron chi connectivity index (χ4n) is 2.81. The topological polar surface area (TPSA) is 105 Å². The number of nitriles is 1. The fraction of sp³-hybridized carbons (Fsp3) is 0.500. The molecule has 112 valence electrons. The minimum atomic E-state index is -0.496. The van der Waals surface area contributed by atoms with Crippen LogP contribution in [0.2, 0.25) is 0 Å². The summed E-state index contributed by atoms with van der Waals surface area (Å²) < 4.78 is 5.36. The van der Waals surface area contributed by atoms with E-state index in [9.17, 15) is 10.1 Å². The molecule has 2 atom stereocenters. The van der Waals surface area contributed by atoms with Crippen molar-refractivity contribution in [1.29, 1.82) is 5.26 Å². The monoisotopic (exact) mass is 290 g/mol. The summed E-state index contributed by atoms with van der Waals surface area (Å²) in [7, 11) is 1.66. The molecule has 1 saturated heterocycles. The number of nitrogens with two attached hydrogens (primary N) is 1. The molecule has 0 amide bonds. The van der Waals surface area contributed by atoms with Gasteiger partial charge in [0.25, 0.3) is 0 Å². The zero-order chi connectivity index (χ0) is 15.4. The van der Waals surface area contributed by atoms with Crippen molar-refractivity contribution in [2.24, 2.45) is 5.73 Å². The van der Waals surface area contributed by atoms with Crippen LogP contribution in [0.4, 0.5) is 11.4 Å². The molecule has 7 nitrogen and oxygen atoms in total. The summed E-state index contributed by atoms with van der Waals surface area (Å²) in [6.45, 7) is 1.00. The van der Waals surface area contributed by atoms with Crippen molar-refractivity contribution in [1.82, 2.24) is 0 Å². The molecule has 7 heteroatoms. The molecule has 2 rings (SSSR count). The molecule has 2 unspecified atom stereocenters. The number of methoxy groups -OCH3 is 1. The van der Waals surface area contributed by atoms with E-state index in [2.05, 4.69) is 0 Å². The highest BCUT2D eigenvalue weighted by molar-refractivity contribution is 5.70. The second-order valence-corrected chi connectivity index (χ2v) is 5.01. The van der Waals surface area contributed by atoms with E-state index >= 15 is 0 Å². The summed E-state index contributed by atoms with van der Waals surface area (Å²) in [5, 5.41) is 20.4. The van der Waals surface area contributed by atoms with E-state index in [0.717, 1.165) is 12.8 Å². The standard InChI is InChI=1S/C14H18N4O3/c1-21-12-5-6-17(11(7-12)9-16)13-4-2-3-10(8-15)14(13)18(19)20/h2-4,11-12H,5-7,9,16H2,1H3. The lowest BCUT2D eigenvalue weighted by molar-refractivity contribution is -0.384. The second kappa shape index (κ2) is 6.52. The van der Waals surface area contributed by atoms with Crippen molar-refractivity contribution in [3.63, 3.8) is 0 Å². The van der Waals surface area contributed by atoms with Crippen LogP contribution >= 0.6 is 0 Å². The van der Waals surface area contributed by atoms with Crippen molar-refractivity contribution in [2.45, 2.75) is 25.0 Å². The first-order valence-electron chi connectivity index (χ1n) is 6.79. The first kappa shape index (κ1) is 15.2. The fourth-order valence-corrected chi connectivity index (χ4v) is 2.81. The zero-order valence-corrected chi connectivity index (χ0v) is 11.9. The van der Waals surface area contributed by atoms with E-state index in [4.69, 9.17) is 15.7 Å². The Bertz CT molecular complexity index is 570. The van der Waals surface area contributed by atoms with Crippen LogP contribution in [0, 0.1) is 21.4 Å². The number of nitrogens with zero attached hydrogens (tertiary/aromatic N) is 3. The molecule has 1 aromatic carbocycles. The molecule has 1 heterocycles. The Balaban J connectivity index is 2.42. The lowest BCUT2D eigenvalue weighted by Gasteiger charge is -2.39. The van der Waals surface area contributed by atoms with Crippen LogP contribution in [0.1, 0.15) is 18.4 Å². The number of ether oxygens (including phenoxy) is 1. The number of piperidine rings is 1. The van der Waals surface area contributed by atoms with Gasteiger partial charge in [-0.3, -0.25) is 10.1 Å². The third-order valence-electron chi connectivity index (χ3n) is 3.90. The molecule has 2 N–H and O–H groups in total. The van der Waals surface area contributed by atoms with Gasteiger partial charge in [-0.05, 0) is 25.0 Å². The molecule has 0 radical (unpaired) electrons. The molecule has 0 spiro atoms. The lowest BCUT2D eigenvalue weighted by atomic mass is 9.97. The van der Waals surface area contributed by atoms with E-state index in [1.165, 1.54) is 6.07 Å². The molecule has 21 heavy (non-hydrogen) atoms. The number of rotatable bonds is 4. The van der Waals surface area contributed by atoms with Gasteiger partial charge in [0.2, 0.25) is 0 Å². The van der Waals surface area contributed by atoms with Gasteiger partial charge < -0.3 is 15.4 Å². The van der Waals surface area contributed by atoms with Gasteiger partial charge in [-0.25, -0.2) is 0 Å². The largest absolute Gasteiger partial charge is 0.381 e. The Morgan fingerprint density at radius 1 is 1.62 bits per heavy atom. The van der Waals surface area contributed by atoms with Crippen molar-refractivity contribution in [3.8, 4) is 6.07 Å². The van der Waals surface area contributed by atoms with Gasteiger partial charge in [0.1, 0.15) is 17.3 Å². The Morgan fingerprint density at radius 2 is 2.38 bits per heavy atom. The Kier molecular flexibility index (Phi) is 4.73. The second-order valence-electron chi connectivity index (χ2n) is 5.01. The SMILES string of the molecule is COC1CCN(c2cccc(C#N)c2[N+](=O)[O-])C(CN)C1. The predicted octanol–water partition coefficient (Wildman–Crippen LogP) is 1.41. The number of nitro groups is 1. The van der Waals surface area contributed by atoms with E-state index < -0.39 is 4.92 Å². The maximum absolute atomic E-state index is 11.3. The average molecular weight is 290 g/mol. The molecular weight excluding hydrogens is 272 g/mol. The van der Waals surface area contributed by atoms with Crippen molar-refractivity contribution in [2.75, 3.05) is 25.1 Å². The van der Waals surface area contributed by atoms with E-state index in [1.54, 1.807) is 19.2 Å². The minimum absolute atomic E-state index is 0.0312. The molecule has 1 aliphatic rings. The van der Waals surface area contributed by atoms with Crippen molar-refractivity contribution in [3.05, 3.63) is 33.9 Å². The first-order valence-corrected chi connectivity index (χ1v) is 6.79. The molecule has 1 aromatic rings. The average Bonchev–Trinajstić information content (AvgIpc) is 2.53. The number of hydrogen-bond donors (Lipinski definition) is 1. The van der Waals surface area contributed by atoms with Gasteiger partial charge in [-0.15, -0.1) is 0 Å². The van der Waals surface area contributed by atoms with Crippen LogP contribution in [0.15, 0.2) is 18.2 Å². The molecule has 0 aromatic heterocycles. The van der Waals surface area contributed by atoms with Gasteiger partial charge in [0.15, 0.2) is 0 Å². The summed E-state index contributed by atoms with van der Waals surface area (Å²) in [4.78, 5) is 12.8. The Hall–Kier alpha value is -2.17. The lowest BCUT2D eigenvalue weighted by Crippen LogP contribution is -2.49. The third-order valence-corrected chi connectivity index (χ3v) is 3.90. The Labute approximate surface area is 123 Å². The van der Waals surface area contributed by atoms with Gasteiger partial charge in [-0.1, -0.05) is 6.07 Å². The summed E-state index contributed by atoms with van der Waals surface area (Å²) >= 11 is 0. The van der Waals surface area contributed by atoms with Gasteiger partial charge in [0.05, 0.1) is 11.0 Å². The predicted molar refractivity (Wildman–Crippen MR) is 78.0 cm³/mol. The summed E-state index contributed by atoms with van der Waals surface area (Å²) in [5.41, 5.74) is 6.20.